The van der Waals surface area contributed by atoms with Crippen LogP contribution in [-0.2, 0) is 19.3 Å². The molecule has 0 atom stereocenters. The maximum absolute atomic E-state index is 13.2. The molecule has 2 rings (SSSR count). The molecule has 3 nitrogen and oxygen atoms in total. The molecule has 0 spiro atoms. The molecule has 0 saturated heterocycles. The van der Waals surface area contributed by atoms with Gasteiger partial charge in [-0.15, -0.1) is 0 Å². The van der Waals surface area contributed by atoms with Crippen LogP contribution in [0.25, 0.3) is 0 Å². The number of benzene rings is 1. The van der Waals surface area contributed by atoms with Crippen LogP contribution in [0.5, 0.6) is 0 Å². The van der Waals surface area contributed by atoms with Gasteiger partial charge >= 0.3 is 0 Å². The zero-order valence-electron chi connectivity index (χ0n) is 17.2. The normalized spacial score (nSPS) is 11.2. The lowest BCUT2D eigenvalue weighted by Crippen LogP contribution is -2.18. The van der Waals surface area contributed by atoms with Crippen molar-refractivity contribution in [3.63, 3.8) is 0 Å². The molecule has 4 heteroatoms. The lowest BCUT2D eigenvalue weighted by atomic mass is 9.99. The van der Waals surface area contributed by atoms with Gasteiger partial charge in [0.1, 0.15) is 0 Å². The van der Waals surface area contributed by atoms with Crippen molar-refractivity contribution >= 4 is 23.2 Å². The summed E-state index contributed by atoms with van der Waals surface area (Å²) in [5.41, 5.74) is 7.29. The molecular formula is C23H29ClN2O. The van der Waals surface area contributed by atoms with Crippen molar-refractivity contribution in [1.82, 2.24) is 4.98 Å². The second-order valence-electron chi connectivity index (χ2n) is 6.84. The molecule has 0 unspecified atom stereocenters. The minimum absolute atomic E-state index is 0.194. The van der Waals surface area contributed by atoms with Crippen LogP contribution in [-0.4, -0.2) is 10.9 Å². The molecule has 0 saturated carbocycles. The molecule has 1 amide bonds. The second kappa shape index (κ2) is 9.18. The first-order chi connectivity index (χ1) is 12.8. The van der Waals surface area contributed by atoms with Crippen LogP contribution in [0.4, 0.5) is 5.69 Å². The Morgan fingerprint density at radius 1 is 1.11 bits per heavy atom. The van der Waals surface area contributed by atoms with Crippen molar-refractivity contribution in [3.8, 4) is 0 Å². The van der Waals surface area contributed by atoms with Crippen molar-refractivity contribution in [2.24, 2.45) is 0 Å². The topological polar surface area (TPSA) is 42.0 Å². The largest absolute Gasteiger partial charge is 0.321 e. The number of aryl methyl sites for hydroxylation is 5. The summed E-state index contributed by atoms with van der Waals surface area (Å²) in [6, 6.07) is 4.27. The van der Waals surface area contributed by atoms with Crippen molar-refractivity contribution in [2.45, 2.75) is 60.8 Å². The zero-order chi connectivity index (χ0) is 20.1. The summed E-state index contributed by atoms with van der Waals surface area (Å²) < 4.78 is 0. The summed E-state index contributed by atoms with van der Waals surface area (Å²) in [7, 11) is 0. The van der Waals surface area contributed by atoms with Crippen LogP contribution in [0.15, 0.2) is 24.3 Å². The Bertz CT molecular complexity index is 859. The molecule has 0 aliphatic carbocycles. The SMILES string of the molecule is C/C=C/Cc1c(C)nc(C)c(C(=O)Nc2c(CC)cc(C)cc2CC)c1Cl. The molecule has 144 valence electrons. The fourth-order valence-corrected chi connectivity index (χ4v) is 3.85. The van der Waals surface area contributed by atoms with Gasteiger partial charge in [-0.3, -0.25) is 9.78 Å². The molecule has 1 aromatic heterocycles. The predicted octanol–water partition coefficient (Wildman–Crippen LogP) is 6.16. The third kappa shape index (κ3) is 4.59. The second-order valence-corrected chi connectivity index (χ2v) is 7.22. The Hall–Kier alpha value is -2.13. The van der Waals surface area contributed by atoms with Crippen LogP contribution < -0.4 is 5.32 Å². The molecular weight excluding hydrogens is 356 g/mol. The monoisotopic (exact) mass is 384 g/mol. The molecule has 1 heterocycles. The number of nitrogens with one attached hydrogen (secondary N) is 1. The average Bonchev–Trinajstić information content (AvgIpc) is 2.62. The summed E-state index contributed by atoms with van der Waals surface area (Å²) >= 11 is 6.65. The first-order valence-corrected chi connectivity index (χ1v) is 9.92. The molecule has 1 aromatic carbocycles. The Morgan fingerprint density at radius 2 is 1.70 bits per heavy atom. The molecule has 0 bridgehead atoms. The summed E-state index contributed by atoms with van der Waals surface area (Å²) in [5.74, 6) is -0.194. The van der Waals surface area contributed by atoms with E-state index in [9.17, 15) is 4.79 Å². The van der Waals surface area contributed by atoms with E-state index in [0.717, 1.165) is 40.9 Å². The van der Waals surface area contributed by atoms with Crippen LogP contribution in [0.2, 0.25) is 5.02 Å². The molecule has 0 fully saturated rings. The molecule has 27 heavy (non-hydrogen) atoms. The first kappa shape index (κ1) is 21.2. The van der Waals surface area contributed by atoms with Gasteiger partial charge in [0, 0.05) is 11.4 Å². The number of pyridine rings is 1. The van der Waals surface area contributed by atoms with Gasteiger partial charge in [0.05, 0.1) is 16.3 Å². The van der Waals surface area contributed by atoms with Gasteiger partial charge in [-0.05, 0) is 63.6 Å². The highest BCUT2D eigenvalue weighted by Gasteiger charge is 2.21. The number of allylic oxidation sites excluding steroid dienone is 2. The van der Waals surface area contributed by atoms with E-state index < -0.39 is 0 Å². The van der Waals surface area contributed by atoms with Gasteiger partial charge in [0.2, 0.25) is 0 Å². The Balaban J connectivity index is 2.51. The van der Waals surface area contributed by atoms with Gasteiger partial charge in [0.15, 0.2) is 0 Å². The summed E-state index contributed by atoms with van der Waals surface area (Å²) in [4.78, 5) is 17.7. The van der Waals surface area contributed by atoms with E-state index in [1.165, 1.54) is 5.56 Å². The molecule has 2 aromatic rings. The molecule has 0 aliphatic heterocycles. The minimum Gasteiger partial charge on any atom is -0.321 e. The van der Waals surface area contributed by atoms with Gasteiger partial charge in [-0.25, -0.2) is 0 Å². The zero-order valence-corrected chi connectivity index (χ0v) is 17.9. The number of carbonyl (C=O) groups excluding carboxylic acids is 1. The number of hydrogen-bond acceptors (Lipinski definition) is 2. The van der Waals surface area contributed by atoms with E-state index in [-0.39, 0.29) is 5.91 Å². The molecule has 0 aliphatic rings. The number of amides is 1. The van der Waals surface area contributed by atoms with E-state index in [2.05, 4.69) is 43.2 Å². The van der Waals surface area contributed by atoms with Crippen molar-refractivity contribution in [2.75, 3.05) is 5.32 Å². The number of carbonyl (C=O) groups is 1. The maximum atomic E-state index is 13.2. The number of aromatic nitrogens is 1. The summed E-state index contributed by atoms with van der Waals surface area (Å²) in [6.45, 7) is 12.0. The van der Waals surface area contributed by atoms with Gasteiger partial charge in [0.25, 0.3) is 5.91 Å². The van der Waals surface area contributed by atoms with Crippen LogP contribution in [0, 0.1) is 20.8 Å². The quantitative estimate of drug-likeness (QED) is 0.606. The fourth-order valence-electron chi connectivity index (χ4n) is 3.42. The predicted molar refractivity (Wildman–Crippen MR) is 115 cm³/mol. The Kier molecular flexibility index (Phi) is 7.20. The standard InChI is InChI=1S/C23H29ClN2O/c1-7-10-11-19-15(5)25-16(6)20(21(19)24)23(27)26-22-17(8-2)12-14(4)13-18(22)9-3/h7,10,12-13H,8-9,11H2,1-6H3,(H,26,27)/b10-7+. The average molecular weight is 385 g/mol. The van der Waals surface area contributed by atoms with E-state index in [1.807, 2.05) is 32.9 Å². The van der Waals surface area contributed by atoms with E-state index in [1.54, 1.807) is 0 Å². The Labute approximate surface area is 167 Å². The van der Waals surface area contributed by atoms with Crippen molar-refractivity contribution in [3.05, 3.63) is 68.5 Å². The van der Waals surface area contributed by atoms with E-state index >= 15 is 0 Å². The lowest BCUT2D eigenvalue weighted by Gasteiger charge is -2.18. The fraction of sp³-hybridized carbons (Fsp3) is 0.391. The van der Waals surface area contributed by atoms with E-state index in [0.29, 0.717) is 22.7 Å². The van der Waals surface area contributed by atoms with Crippen LogP contribution >= 0.6 is 11.6 Å². The number of rotatable bonds is 6. The third-order valence-corrected chi connectivity index (χ3v) is 5.27. The smallest absolute Gasteiger partial charge is 0.259 e. The summed E-state index contributed by atoms with van der Waals surface area (Å²) in [5, 5.41) is 3.63. The highest BCUT2D eigenvalue weighted by Crippen LogP contribution is 2.30. The summed E-state index contributed by atoms with van der Waals surface area (Å²) in [6.07, 6.45) is 6.38. The van der Waals surface area contributed by atoms with E-state index in [4.69, 9.17) is 11.6 Å². The van der Waals surface area contributed by atoms with Gasteiger partial charge < -0.3 is 5.32 Å². The maximum Gasteiger partial charge on any atom is 0.259 e. The first-order valence-electron chi connectivity index (χ1n) is 9.54. The number of halogens is 1. The highest BCUT2D eigenvalue weighted by molar-refractivity contribution is 6.35. The number of hydrogen-bond donors (Lipinski definition) is 1. The number of nitrogens with zero attached hydrogens (tertiary/aromatic N) is 1. The Morgan fingerprint density at radius 3 is 2.22 bits per heavy atom. The van der Waals surface area contributed by atoms with Gasteiger partial charge in [-0.2, -0.15) is 0 Å². The minimum atomic E-state index is -0.194. The highest BCUT2D eigenvalue weighted by atomic mass is 35.5. The van der Waals surface area contributed by atoms with Gasteiger partial charge in [-0.1, -0.05) is 55.3 Å². The molecule has 0 radical (unpaired) electrons. The lowest BCUT2D eigenvalue weighted by molar-refractivity contribution is 0.102. The van der Waals surface area contributed by atoms with Crippen LogP contribution in [0.3, 0.4) is 0 Å². The van der Waals surface area contributed by atoms with Crippen LogP contribution in [0.1, 0.15) is 64.8 Å². The van der Waals surface area contributed by atoms with Crippen molar-refractivity contribution < 1.29 is 4.79 Å². The molecule has 1 N–H and O–H groups in total. The van der Waals surface area contributed by atoms with Crippen molar-refractivity contribution in [1.29, 1.82) is 0 Å². The number of anilines is 1. The third-order valence-electron chi connectivity index (χ3n) is 4.85.